The molecule has 1 atom stereocenters. The highest BCUT2D eigenvalue weighted by molar-refractivity contribution is 5.39. The summed E-state index contributed by atoms with van der Waals surface area (Å²) in [5, 5.41) is 13.2. The first-order valence-electron chi connectivity index (χ1n) is 5.65. The molecule has 0 aromatic heterocycles. The molecule has 0 saturated heterocycles. The van der Waals surface area contributed by atoms with E-state index in [4.69, 9.17) is 4.74 Å². The maximum atomic E-state index is 9.82. The van der Waals surface area contributed by atoms with Crippen LogP contribution in [-0.2, 0) is 11.3 Å². The van der Waals surface area contributed by atoms with Crippen molar-refractivity contribution in [2.75, 3.05) is 13.7 Å². The molecule has 2 N–H and O–H groups in total. The number of hydrogen-bond acceptors (Lipinski definition) is 3. The van der Waals surface area contributed by atoms with Gasteiger partial charge in [0.05, 0.1) is 0 Å². The summed E-state index contributed by atoms with van der Waals surface area (Å²) in [4.78, 5) is 0. The van der Waals surface area contributed by atoms with Gasteiger partial charge < -0.3 is 15.2 Å². The third-order valence-corrected chi connectivity index (χ3v) is 2.72. The molecule has 1 aromatic carbocycles. The summed E-state index contributed by atoms with van der Waals surface area (Å²) in [5.74, 6) is 0.397. The highest BCUT2D eigenvalue weighted by Gasteiger charge is 2.05. The van der Waals surface area contributed by atoms with Crippen molar-refractivity contribution >= 4 is 0 Å². The molecule has 0 spiro atoms. The Morgan fingerprint density at radius 3 is 2.88 bits per heavy atom. The van der Waals surface area contributed by atoms with Crippen molar-refractivity contribution in [3.8, 4) is 5.75 Å². The lowest BCUT2D eigenvalue weighted by molar-refractivity contribution is 0.184. The van der Waals surface area contributed by atoms with Crippen LogP contribution in [0.25, 0.3) is 0 Å². The standard InChI is InChI=1S/C13H21NO2/c1-10-5-4-6-12(13(10)15)9-14-11(2)7-8-16-3/h4-6,11,14-15H,7-9H2,1-3H3. The Hall–Kier alpha value is -1.06. The maximum Gasteiger partial charge on any atom is 0.122 e. The monoisotopic (exact) mass is 223 g/mol. The highest BCUT2D eigenvalue weighted by atomic mass is 16.5. The fourth-order valence-electron chi connectivity index (χ4n) is 1.54. The van der Waals surface area contributed by atoms with E-state index in [0.717, 1.165) is 24.2 Å². The van der Waals surface area contributed by atoms with Gasteiger partial charge in [0.2, 0.25) is 0 Å². The Balaban J connectivity index is 2.45. The van der Waals surface area contributed by atoms with Crippen molar-refractivity contribution in [2.24, 2.45) is 0 Å². The Kier molecular flexibility index (Phi) is 5.29. The number of para-hydroxylation sites is 1. The van der Waals surface area contributed by atoms with E-state index >= 15 is 0 Å². The van der Waals surface area contributed by atoms with Crippen LogP contribution in [0.15, 0.2) is 18.2 Å². The number of aromatic hydroxyl groups is 1. The number of methoxy groups -OCH3 is 1. The zero-order chi connectivity index (χ0) is 12.0. The molecule has 0 aliphatic rings. The molecule has 90 valence electrons. The molecular formula is C13H21NO2. The lowest BCUT2D eigenvalue weighted by Gasteiger charge is -2.14. The van der Waals surface area contributed by atoms with E-state index in [1.165, 1.54) is 0 Å². The van der Waals surface area contributed by atoms with Gasteiger partial charge in [-0.15, -0.1) is 0 Å². The summed E-state index contributed by atoms with van der Waals surface area (Å²) in [7, 11) is 1.71. The highest BCUT2D eigenvalue weighted by Crippen LogP contribution is 2.21. The molecule has 3 nitrogen and oxygen atoms in total. The lowest BCUT2D eigenvalue weighted by Crippen LogP contribution is -2.26. The molecule has 1 unspecified atom stereocenters. The molecule has 1 aromatic rings. The quantitative estimate of drug-likeness (QED) is 0.777. The van der Waals surface area contributed by atoms with Crippen molar-refractivity contribution in [2.45, 2.75) is 32.9 Å². The van der Waals surface area contributed by atoms with Crippen molar-refractivity contribution < 1.29 is 9.84 Å². The predicted octanol–water partition coefficient (Wildman–Crippen LogP) is 2.22. The first kappa shape index (κ1) is 13.0. The zero-order valence-electron chi connectivity index (χ0n) is 10.3. The van der Waals surface area contributed by atoms with Gasteiger partial charge in [-0.25, -0.2) is 0 Å². The summed E-state index contributed by atoms with van der Waals surface area (Å²) in [6, 6.07) is 6.21. The first-order valence-corrected chi connectivity index (χ1v) is 5.65. The van der Waals surface area contributed by atoms with Crippen LogP contribution in [0.2, 0.25) is 0 Å². The average Bonchev–Trinajstić information content (AvgIpc) is 2.28. The van der Waals surface area contributed by atoms with Crippen molar-refractivity contribution in [1.82, 2.24) is 5.32 Å². The minimum absolute atomic E-state index is 0.389. The van der Waals surface area contributed by atoms with Gasteiger partial charge in [-0.05, 0) is 25.8 Å². The minimum Gasteiger partial charge on any atom is -0.507 e. The number of phenols is 1. The first-order chi connectivity index (χ1) is 7.65. The number of ether oxygens (including phenoxy) is 1. The van der Waals surface area contributed by atoms with Crippen LogP contribution < -0.4 is 5.32 Å². The summed E-state index contributed by atoms with van der Waals surface area (Å²) in [6.07, 6.45) is 0.975. The summed E-state index contributed by atoms with van der Waals surface area (Å²) in [6.45, 7) is 5.48. The van der Waals surface area contributed by atoms with Gasteiger partial charge in [-0.2, -0.15) is 0 Å². The smallest absolute Gasteiger partial charge is 0.122 e. The van der Waals surface area contributed by atoms with Crippen LogP contribution in [0.1, 0.15) is 24.5 Å². The minimum atomic E-state index is 0.389. The largest absolute Gasteiger partial charge is 0.507 e. The number of hydrogen-bond donors (Lipinski definition) is 2. The van der Waals surface area contributed by atoms with Gasteiger partial charge in [0.15, 0.2) is 0 Å². The topological polar surface area (TPSA) is 41.5 Å². The van der Waals surface area contributed by atoms with Crippen LogP contribution in [0, 0.1) is 6.92 Å². The van der Waals surface area contributed by atoms with Gasteiger partial charge in [-0.1, -0.05) is 18.2 Å². The van der Waals surface area contributed by atoms with Gasteiger partial charge in [0.1, 0.15) is 5.75 Å². The molecule has 3 heteroatoms. The van der Waals surface area contributed by atoms with Gasteiger partial charge >= 0.3 is 0 Å². The van der Waals surface area contributed by atoms with Crippen molar-refractivity contribution in [3.63, 3.8) is 0 Å². The Morgan fingerprint density at radius 2 is 2.19 bits per heavy atom. The van der Waals surface area contributed by atoms with E-state index in [1.807, 2.05) is 25.1 Å². The van der Waals surface area contributed by atoms with Gasteiger partial charge in [-0.3, -0.25) is 0 Å². The third kappa shape index (κ3) is 3.83. The molecule has 1 rings (SSSR count). The number of aryl methyl sites for hydroxylation is 1. The molecule has 0 radical (unpaired) electrons. The number of nitrogens with one attached hydrogen (secondary N) is 1. The van der Waals surface area contributed by atoms with Crippen LogP contribution in [0.5, 0.6) is 5.75 Å². The fourth-order valence-corrected chi connectivity index (χ4v) is 1.54. The Morgan fingerprint density at radius 1 is 1.44 bits per heavy atom. The van der Waals surface area contributed by atoms with E-state index in [2.05, 4.69) is 12.2 Å². The van der Waals surface area contributed by atoms with Crippen molar-refractivity contribution in [3.05, 3.63) is 29.3 Å². The lowest BCUT2D eigenvalue weighted by atomic mass is 10.1. The van der Waals surface area contributed by atoms with E-state index in [1.54, 1.807) is 7.11 Å². The van der Waals surface area contributed by atoms with E-state index in [0.29, 0.717) is 18.3 Å². The second-order valence-electron chi connectivity index (χ2n) is 4.15. The fraction of sp³-hybridized carbons (Fsp3) is 0.538. The van der Waals surface area contributed by atoms with Gasteiger partial charge in [0, 0.05) is 31.9 Å². The summed E-state index contributed by atoms with van der Waals surface area (Å²) in [5.41, 5.74) is 1.87. The maximum absolute atomic E-state index is 9.82. The second kappa shape index (κ2) is 6.51. The van der Waals surface area contributed by atoms with Crippen molar-refractivity contribution in [1.29, 1.82) is 0 Å². The molecule has 0 amide bonds. The normalized spacial score (nSPS) is 12.7. The molecule has 0 saturated carbocycles. The zero-order valence-corrected chi connectivity index (χ0v) is 10.3. The van der Waals surface area contributed by atoms with E-state index in [9.17, 15) is 5.11 Å². The molecule has 0 bridgehead atoms. The molecule has 0 aliphatic heterocycles. The number of rotatable bonds is 6. The summed E-state index contributed by atoms with van der Waals surface area (Å²) < 4.78 is 5.02. The summed E-state index contributed by atoms with van der Waals surface area (Å²) >= 11 is 0. The third-order valence-electron chi connectivity index (χ3n) is 2.72. The predicted molar refractivity (Wildman–Crippen MR) is 65.6 cm³/mol. The van der Waals surface area contributed by atoms with E-state index in [-0.39, 0.29) is 0 Å². The SMILES string of the molecule is COCCC(C)NCc1cccc(C)c1O. The second-order valence-corrected chi connectivity index (χ2v) is 4.15. The number of benzene rings is 1. The molecule has 0 fully saturated rings. The van der Waals surface area contributed by atoms with Crippen LogP contribution in [0.4, 0.5) is 0 Å². The van der Waals surface area contributed by atoms with Crippen LogP contribution in [-0.4, -0.2) is 24.9 Å². The van der Waals surface area contributed by atoms with Crippen LogP contribution >= 0.6 is 0 Å². The molecule has 16 heavy (non-hydrogen) atoms. The number of phenolic OH excluding ortho intramolecular Hbond substituents is 1. The van der Waals surface area contributed by atoms with Gasteiger partial charge in [0.25, 0.3) is 0 Å². The molecule has 0 heterocycles. The Bertz CT molecular complexity index is 326. The molecular weight excluding hydrogens is 202 g/mol. The van der Waals surface area contributed by atoms with E-state index < -0.39 is 0 Å². The average molecular weight is 223 g/mol. The van der Waals surface area contributed by atoms with Crippen LogP contribution in [0.3, 0.4) is 0 Å². The Labute approximate surface area is 97.4 Å². The molecule has 0 aliphatic carbocycles.